The normalized spacial score (nSPS) is 19.8. The van der Waals surface area contributed by atoms with E-state index in [2.05, 4.69) is 4.98 Å². The number of rotatable bonds is 3. The lowest BCUT2D eigenvalue weighted by Crippen LogP contribution is -2.34. The fraction of sp³-hybridized carbons (Fsp3) is 0.333. The Hall–Kier alpha value is -1.32. The molecule has 0 fully saturated rings. The van der Waals surface area contributed by atoms with Crippen LogP contribution in [0.1, 0.15) is 13.8 Å². The van der Waals surface area contributed by atoms with Gasteiger partial charge in [0.15, 0.2) is 0 Å². The molecule has 0 bridgehead atoms. The average Bonchev–Trinajstić information content (AvgIpc) is 2.76. The molecule has 2 aromatic rings. The van der Waals surface area contributed by atoms with Gasteiger partial charge in [-0.3, -0.25) is 0 Å². The summed E-state index contributed by atoms with van der Waals surface area (Å²) >= 11 is 0. The zero-order valence-corrected chi connectivity index (χ0v) is 8.16. The first-order chi connectivity index (χ1) is 9.56. The first kappa shape index (κ1) is 5.14. The standard InChI is InChI=1S/C12H16N2O/c1-14(2,15)8-7-10-9-13-12-6-4-3-5-11(10)12/h3-6,9,13H,7-8H2,1-2H3/i1D3,2D3. The summed E-state index contributed by atoms with van der Waals surface area (Å²) in [6, 6.07) is 7.37. The molecule has 0 aliphatic heterocycles. The molecule has 1 aromatic heterocycles. The fourth-order valence-corrected chi connectivity index (χ4v) is 1.62. The van der Waals surface area contributed by atoms with Crippen molar-refractivity contribution in [2.75, 3.05) is 20.5 Å². The molecule has 0 amide bonds. The molecule has 15 heavy (non-hydrogen) atoms. The van der Waals surface area contributed by atoms with E-state index < -0.39 is 25.1 Å². The first-order valence-electron chi connectivity index (χ1n) is 7.70. The molecule has 0 saturated heterocycles. The average molecular weight is 210 g/mol. The third-order valence-electron chi connectivity index (χ3n) is 2.37. The van der Waals surface area contributed by atoms with Crippen LogP contribution in [-0.4, -0.2) is 30.1 Å². The molecule has 3 heteroatoms. The van der Waals surface area contributed by atoms with Gasteiger partial charge in [-0.1, -0.05) is 18.2 Å². The first-order valence-corrected chi connectivity index (χ1v) is 4.70. The molecule has 2 rings (SSSR count). The Morgan fingerprint density at radius 2 is 2.20 bits per heavy atom. The maximum Gasteiger partial charge on any atom is 0.0890 e. The number of fused-ring (bicyclic) bond motifs is 1. The van der Waals surface area contributed by atoms with E-state index in [0.29, 0.717) is 0 Å². The van der Waals surface area contributed by atoms with Gasteiger partial charge in [0.05, 0.1) is 28.7 Å². The van der Waals surface area contributed by atoms with Gasteiger partial charge in [0, 0.05) is 23.5 Å². The van der Waals surface area contributed by atoms with Gasteiger partial charge in [-0.2, -0.15) is 0 Å². The van der Waals surface area contributed by atoms with Crippen LogP contribution in [0.15, 0.2) is 30.5 Å². The minimum atomic E-state index is -3.14. The van der Waals surface area contributed by atoms with Crippen molar-refractivity contribution >= 4 is 10.9 Å². The molecule has 0 aliphatic carbocycles. The maximum atomic E-state index is 12.4. The number of hydrogen-bond donors (Lipinski definition) is 1. The van der Waals surface area contributed by atoms with E-state index in [1.807, 2.05) is 24.3 Å². The number of likely N-dealkylation sites (N-methyl/N-ethyl adjacent to an activating group) is 1. The molecule has 0 aliphatic rings. The van der Waals surface area contributed by atoms with Crippen molar-refractivity contribution in [2.45, 2.75) is 6.42 Å². The maximum absolute atomic E-state index is 12.4. The molecule has 1 aromatic carbocycles. The quantitative estimate of drug-likeness (QED) is 0.612. The molecule has 0 saturated carbocycles. The molecule has 3 nitrogen and oxygen atoms in total. The molecular formula is C12H16N2O. The van der Waals surface area contributed by atoms with Crippen LogP contribution in [0.2, 0.25) is 0 Å². The van der Waals surface area contributed by atoms with Crippen LogP contribution in [0.3, 0.4) is 0 Å². The van der Waals surface area contributed by atoms with Crippen molar-refractivity contribution < 1.29 is 12.9 Å². The van der Waals surface area contributed by atoms with Crippen molar-refractivity contribution in [3.05, 3.63) is 41.2 Å². The number of H-pyrrole nitrogens is 1. The molecule has 0 radical (unpaired) electrons. The zero-order valence-electron chi connectivity index (χ0n) is 14.2. The van der Waals surface area contributed by atoms with Crippen LogP contribution in [0.4, 0.5) is 0 Å². The highest BCUT2D eigenvalue weighted by atomic mass is 16.5. The summed E-state index contributed by atoms with van der Waals surface area (Å²) in [5.41, 5.74) is 1.59. The van der Waals surface area contributed by atoms with E-state index in [0.717, 1.165) is 16.5 Å². The summed E-state index contributed by atoms with van der Waals surface area (Å²) < 4.78 is 41.4. The molecule has 1 N–H and O–H groups in total. The third-order valence-corrected chi connectivity index (χ3v) is 2.37. The lowest BCUT2D eigenvalue weighted by molar-refractivity contribution is -0.839. The van der Waals surface area contributed by atoms with Crippen LogP contribution in [0, 0.1) is 5.21 Å². The lowest BCUT2D eigenvalue weighted by atomic mass is 10.1. The van der Waals surface area contributed by atoms with Crippen molar-refractivity contribution in [1.29, 1.82) is 0 Å². The predicted molar refractivity (Wildman–Crippen MR) is 62.3 cm³/mol. The number of nitrogens with zero attached hydrogens (tertiary/aromatic N) is 1. The van der Waals surface area contributed by atoms with Crippen LogP contribution in [0.5, 0.6) is 0 Å². The number of quaternary nitrogens is 1. The van der Waals surface area contributed by atoms with Crippen LogP contribution in [-0.2, 0) is 6.42 Å². The number of aromatic amines is 1. The minimum Gasteiger partial charge on any atom is -0.633 e. The van der Waals surface area contributed by atoms with Gasteiger partial charge >= 0.3 is 0 Å². The van der Waals surface area contributed by atoms with E-state index in [4.69, 9.17) is 8.22 Å². The summed E-state index contributed by atoms with van der Waals surface area (Å²) in [5.74, 6) is 0. The SMILES string of the molecule is [2H]C([2H])([2H])[N+]([O-])(CCc1c[nH]c2ccccc12)C([2H])([2H])[2H]. The summed E-state index contributed by atoms with van der Waals surface area (Å²) in [6.45, 7) is -6.82. The molecule has 0 atom stereocenters. The molecule has 0 spiro atoms. The predicted octanol–water partition coefficient (Wildman–Crippen LogP) is 2.28. The van der Waals surface area contributed by atoms with Crippen LogP contribution in [0.25, 0.3) is 10.9 Å². The summed E-state index contributed by atoms with van der Waals surface area (Å²) in [5, 5.41) is 13.2. The molecular weight excluding hydrogens is 188 g/mol. The molecule has 0 unspecified atom stereocenters. The number of aromatic nitrogens is 1. The van der Waals surface area contributed by atoms with E-state index in [-0.39, 0.29) is 6.42 Å². The Kier molecular flexibility index (Phi) is 1.26. The van der Waals surface area contributed by atoms with Gasteiger partial charge in [-0.05, 0) is 11.6 Å². The Morgan fingerprint density at radius 3 is 3.00 bits per heavy atom. The largest absolute Gasteiger partial charge is 0.633 e. The Balaban J connectivity index is 2.28. The van der Waals surface area contributed by atoms with E-state index >= 15 is 0 Å². The summed E-state index contributed by atoms with van der Waals surface area (Å²) in [6.07, 6.45) is 1.75. The topological polar surface area (TPSA) is 38.8 Å². The van der Waals surface area contributed by atoms with E-state index in [1.165, 1.54) is 0 Å². The molecule has 1 heterocycles. The Bertz CT molecular complexity index is 616. The zero-order chi connectivity index (χ0) is 15.9. The summed E-state index contributed by atoms with van der Waals surface area (Å²) in [7, 11) is 0. The number of benzene rings is 1. The van der Waals surface area contributed by atoms with Crippen molar-refractivity contribution in [3.8, 4) is 0 Å². The van der Waals surface area contributed by atoms with Crippen LogP contribution < -0.4 is 0 Å². The smallest absolute Gasteiger partial charge is 0.0890 e. The van der Waals surface area contributed by atoms with Gasteiger partial charge in [-0.25, -0.2) is 0 Å². The van der Waals surface area contributed by atoms with Gasteiger partial charge in [0.1, 0.15) is 0 Å². The molecule has 80 valence electrons. The highest BCUT2D eigenvalue weighted by Crippen LogP contribution is 2.18. The second-order valence-electron chi connectivity index (χ2n) is 3.57. The van der Waals surface area contributed by atoms with Crippen LogP contribution >= 0.6 is 0 Å². The second kappa shape index (κ2) is 3.68. The minimum absolute atomic E-state index is 0.0737. The second-order valence-corrected chi connectivity index (χ2v) is 3.57. The van der Waals surface area contributed by atoms with Gasteiger partial charge in [0.2, 0.25) is 0 Å². The van der Waals surface area contributed by atoms with Crippen molar-refractivity contribution in [2.24, 2.45) is 0 Å². The Morgan fingerprint density at radius 1 is 1.40 bits per heavy atom. The van der Waals surface area contributed by atoms with E-state index in [1.54, 1.807) is 6.20 Å². The van der Waals surface area contributed by atoms with Crippen molar-refractivity contribution in [3.63, 3.8) is 0 Å². The number of nitrogens with one attached hydrogen (secondary N) is 1. The van der Waals surface area contributed by atoms with Crippen molar-refractivity contribution in [1.82, 2.24) is 4.98 Å². The highest BCUT2D eigenvalue weighted by Gasteiger charge is 2.06. The van der Waals surface area contributed by atoms with E-state index in [9.17, 15) is 5.21 Å². The monoisotopic (exact) mass is 210 g/mol. The van der Waals surface area contributed by atoms with Gasteiger partial charge in [-0.15, -0.1) is 0 Å². The highest BCUT2D eigenvalue weighted by molar-refractivity contribution is 5.82. The number of hydrogen-bond acceptors (Lipinski definition) is 1. The van der Waals surface area contributed by atoms with Gasteiger partial charge < -0.3 is 14.8 Å². The Labute approximate surface area is 97.9 Å². The fourth-order valence-electron chi connectivity index (χ4n) is 1.62. The lowest BCUT2D eigenvalue weighted by Gasteiger charge is -2.33. The number of hydroxylamine groups is 3. The third kappa shape index (κ3) is 2.37. The van der Waals surface area contributed by atoms with Gasteiger partial charge in [0.25, 0.3) is 0 Å². The number of para-hydroxylation sites is 1. The summed E-state index contributed by atoms with van der Waals surface area (Å²) in [4.78, 5) is 3.01.